The van der Waals surface area contributed by atoms with Gasteiger partial charge in [-0.05, 0) is 97.1 Å². The lowest BCUT2D eigenvalue weighted by Gasteiger charge is -2.40. The first-order valence-electron chi connectivity index (χ1n) is 21.2. The van der Waals surface area contributed by atoms with Gasteiger partial charge in [0.25, 0.3) is 0 Å². The van der Waals surface area contributed by atoms with E-state index < -0.39 is 5.41 Å². The molecule has 1 unspecified atom stereocenters. The molecule has 2 aliphatic heterocycles. The fraction of sp³-hybridized carbons (Fsp3) is 0.0517. The van der Waals surface area contributed by atoms with E-state index in [0.29, 0.717) is 12.3 Å². The van der Waals surface area contributed by atoms with E-state index in [1.54, 1.807) is 0 Å². The number of benzene rings is 8. The standard InChI is InChI=1S/C58H39N3S/c1-37-34-52(39-29-27-38(28-30-39)45-22-12-16-40-19-13-33-59-56(40)45)60-57(41-14-3-2-4-15-41)61-55(37)44-18-11-17-42(35-44)43-31-32-54-51(36-43)58(50-25-9-10-26-53(50)62-54)48-23-7-5-20-46(48)47-21-6-8-24-49(47)58/h2-33,35-36,55H,1,34H2. The number of pyridine rings is 1. The first-order chi connectivity index (χ1) is 30.6. The zero-order valence-corrected chi connectivity index (χ0v) is 34.7. The van der Waals surface area contributed by atoms with Gasteiger partial charge in [-0.15, -0.1) is 0 Å². The molecule has 1 aliphatic carbocycles. The second-order valence-corrected chi connectivity index (χ2v) is 17.4. The maximum atomic E-state index is 5.43. The Kier molecular flexibility index (Phi) is 8.62. The third kappa shape index (κ3) is 5.78. The van der Waals surface area contributed by atoms with E-state index in [1.807, 2.05) is 30.1 Å². The molecule has 1 spiro atoms. The third-order valence-corrected chi connectivity index (χ3v) is 14.0. The molecule has 12 rings (SSSR count). The highest BCUT2D eigenvalue weighted by molar-refractivity contribution is 7.99. The van der Waals surface area contributed by atoms with Crippen LogP contribution in [0.3, 0.4) is 0 Å². The zero-order valence-electron chi connectivity index (χ0n) is 33.9. The SMILES string of the molecule is C=C1CC(c2ccc(-c3cccc4cccnc34)cc2)=NC(c2ccccc2)=NC1c1cccc(-c2ccc3c(c2)C2(c4ccccc4S3)c3ccccc3-c3ccccc32)c1. The van der Waals surface area contributed by atoms with Crippen LogP contribution in [0.1, 0.15) is 51.4 Å². The maximum absolute atomic E-state index is 5.43. The molecule has 3 nitrogen and oxygen atoms in total. The van der Waals surface area contributed by atoms with Crippen LogP contribution in [0.5, 0.6) is 0 Å². The average Bonchev–Trinajstić information content (AvgIpc) is 3.50. The Bertz CT molecular complexity index is 3270. The number of rotatable bonds is 5. The summed E-state index contributed by atoms with van der Waals surface area (Å²) in [5, 5.41) is 1.13. The summed E-state index contributed by atoms with van der Waals surface area (Å²) >= 11 is 1.88. The summed E-state index contributed by atoms with van der Waals surface area (Å²) in [5.74, 6) is 0.710. The van der Waals surface area contributed by atoms with Gasteiger partial charge in [-0.25, -0.2) is 4.99 Å². The molecular weight excluding hydrogens is 771 g/mol. The summed E-state index contributed by atoms with van der Waals surface area (Å²) in [6.45, 7) is 4.71. The lowest BCUT2D eigenvalue weighted by atomic mass is 9.67. The average molecular weight is 810 g/mol. The molecule has 9 aromatic rings. The van der Waals surface area contributed by atoms with Gasteiger partial charge in [0.15, 0.2) is 5.84 Å². The van der Waals surface area contributed by atoms with E-state index in [4.69, 9.17) is 21.5 Å². The van der Waals surface area contributed by atoms with Crippen LogP contribution < -0.4 is 0 Å². The van der Waals surface area contributed by atoms with Crippen LogP contribution in [0.15, 0.2) is 238 Å². The third-order valence-electron chi connectivity index (χ3n) is 12.8. The number of hydrogen-bond donors (Lipinski definition) is 0. The lowest BCUT2D eigenvalue weighted by molar-refractivity contribution is 0.723. The van der Waals surface area contributed by atoms with Gasteiger partial charge in [-0.1, -0.05) is 188 Å². The van der Waals surface area contributed by atoms with E-state index in [1.165, 1.54) is 48.7 Å². The van der Waals surface area contributed by atoms with Crippen molar-refractivity contribution in [1.29, 1.82) is 0 Å². The summed E-state index contributed by atoms with van der Waals surface area (Å²) in [7, 11) is 0. The molecule has 1 atom stereocenters. The van der Waals surface area contributed by atoms with Crippen LogP contribution in [0.2, 0.25) is 0 Å². The maximum Gasteiger partial charge on any atom is 0.155 e. The minimum atomic E-state index is -0.430. The number of fused-ring (bicyclic) bond motifs is 10. The van der Waals surface area contributed by atoms with Crippen LogP contribution in [-0.2, 0) is 5.41 Å². The summed E-state index contributed by atoms with van der Waals surface area (Å²) in [6, 6.07) is 72.1. The van der Waals surface area contributed by atoms with Gasteiger partial charge in [0.05, 0.1) is 22.7 Å². The van der Waals surface area contributed by atoms with Crippen molar-refractivity contribution in [2.45, 2.75) is 27.7 Å². The molecule has 0 N–H and O–H groups in total. The van der Waals surface area contributed by atoms with Gasteiger partial charge >= 0.3 is 0 Å². The molecule has 3 aliphatic rings. The molecule has 4 heteroatoms. The van der Waals surface area contributed by atoms with Gasteiger partial charge in [-0.2, -0.15) is 0 Å². The Balaban J connectivity index is 0.934. The molecule has 8 aromatic carbocycles. The Morgan fingerprint density at radius 3 is 1.90 bits per heavy atom. The van der Waals surface area contributed by atoms with E-state index in [2.05, 4.69) is 188 Å². The zero-order chi connectivity index (χ0) is 41.2. The molecule has 0 fully saturated rings. The predicted molar refractivity (Wildman–Crippen MR) is 256 cm³/mol. The van der Waals surface area contributed by atoms with Crippen molar-refractivity contribution >= 4 is 34.2 Å². The molecule has 62 heavy (non-hydrogen) atoms. The Labute approximate surface area is 365 Å². The van der Waals surface area contributed by atoms with Crippen molar-refractivity contribution in [1.82, 2.24) is 4.98 Å². The number of para-hydroxylation sites is 1. The van der Waals surface area contributed by atoms with Crippen molar-refractivity contribution in [3.8, 4) is 33.4 Å². The smallest absolute Gasteiger partial charge is 0.155 e. The number of aromatic nitrogens is 1. The summed E-state index contributed by atoms with van der Waals surface area (Å²) in [5.41, 5.74) is 18.2. The van der Waals surface area contributed by atoms with E-state index in [0.717, 1.165) is 55.6 Å². The molecule has 0 saturated heterocycles. The quantitative estimate of drug-likeness (QED) is 0.162. The number of hydrogen-bond acceptors (Lipinski definition) is 4. The second-order valence-electron chi connectivity index (χ2n) is 16.3. The number of nitrogens with zero attached hydrogens (tertiary/aromatic N) is 3. The highest BCUT2D eigenvalue weighted by Crippen LogP contribution is 2.62. The van der Waals surface area contributed by atoms with Gasteiger partial charge in [0.1, 0.15) is 0 Å². The Morgan fingerprint density at radius 2 is 1.10 bits per heavy atom. The fourth-order valence-electron chi connectivity index (χ4n) is 10.0. The van der Waals surface area contributed by atoms with Crippen molar-refractivity contribution in [2.75, 3.05) is 0 Å². The van der Waals surface area contributed by atoms with Gasteiger partial charge < -0.3 is 0 Å². The molecule has 292 valence electrons. The first-order valence-corrected chi connectivity index (χ1v) is 22.0. The first kappa shape index (κ1) is 36.5. The molecule has 0 radical (unpaired) electrons. The Hall–Kier alpha value is -7.40. The van der Waals surface area contributed by atoms with Crippen LogP contribution in [0, 0.1) is 0 Å². The normalized spacial score (nSPS) is 15.8. The fourth-order valence-corrected chi connectivity index (χ4v) is 11.2. The highest BCUT2D eigenvalue weighted by atomic mass is 32.2. The largest absolute Gasteiger partial charge is 0.256 e. The predicted octanol–water partition coefficient (Wildman–Crippen LogP) is 14.3. The summed E-state index contributed by atoms with van der Waals surface area (Å²) in [6.07, 6.45) is 2.46. The minimum Gasteiger partial charge on any atom is -0.256 e. The van der Waals surface area contributed by atoms with E-state index in [9.17, 15) is 0 Å². The molecule has 0 amide bonds. The minimum absolute atomic E-state index is 0.285. The van der Waals surface area contributed by atoms with Crippen LogP contribution in [0.4, 0.5) is 0 Å². The van der Waals surface area contributed by atoms with Gasteiger partial charge in [0.2, 0.25) is 0 Å². The lowest BCUT2D eigenvalue weighted by Crippen LogP contribution is -2.32. The van der Waals surface area contributed by atoms with Crippen molar-refractivity contribution in [3.05, 3.63) is 257 Å². The molecular formula is C58H39N3S. The van der Waals surface area contributed by atoms with Crippen LogP contribution in [0.25, 0.3) is 44.3 Å². The number of amidine groups is 1. The summed E-state index contributed by atoms with van der Waals surface area (Å²) in [4.78, 5) is 18.0. The van der Waals surface area contributed by atoms with E-state index in [-0.39, 0.29) is 6.04 Å². The highest BCUT2D eigenvalue weighted by Gasteiger charge is 2.50. The Morgan fingerprint density at radius 1 is 0.484 bits per heavy atom. The second kappa shape index (κ2) is 14.7. The molecule has 1 aromatic heterocycles. The van der Waals surface area contributed by atoms with Crippen molar-refractivity contribution in [3.63, 3.8) is 0 Å². The van der Waals surface area contributed by atoms with Gasteiger partial charge in [0, 0.05) is 38.9 Å². The summed E-state index contributed by atoms with van der Waals surface area (Å²) < 4.78 is 0. The van der Waals surface area contributed by atoms with Crippen molar-refractivity contribution in [2.24, 2.45) is 9.98 Å². The molecule has 0 saturated carbocycles. The molecule has 0 bridgehead atoms. The number of aliphatic imine (C=N–C) groups is 2. The topological polar surface area (TPSA) is 37.6 Å². The van der Waals surface area contributed by atoms with E-state index >= 15 is 0 Å². The van der Waals surface area contributed by atoms with Crippen molar-refractivity contribution < 1.29 is 0 Å². The monoisotopic (exact) mass is 809 g/mol. The van der Waals surface area contributed by atoms with Crippen LogP contribution in [-0.4, -0.2) is 16.5 Å². The van der Waals surface area contributed by atoms with Gasteiger partial charge in [-0.3, -0.25) is 9.98 Å². The van der Waals surface area contributed by atoms with Crippen LogP contribution >= 0.6 is 11.8 Å². The molecule has 3 heterocycles.